The van der Waals surface area contributed by atoms with E-state index in [1.165, 1.54) is 27.8 Å². The third kappa shape index (κ3) is 5.47. The molecule has 0 spiro atoms. The topological polar surface area (TPSA) is 3.24 Å². The Morgan fingerprint density at radius 3 is 1.39 bits per heavy atom. The number of hydrogen-bond acceptors (Lipinski definition) is 1. The Hall–Kier alpha value is -4.36. The van der Waals surface area contributed by atoms with Crippen molar-refractivity contribution in [3.63, 3.8) is 0 Å². The lowest BCUT2D eigenvalue weighted by Crippen LogP contribution is -2.09. The summed E-state index contributed by atoms with van der Waals surface area (Å²) in [5.74, 6) is 0.553. The van der Waals surface area contributed by atoms with E-state index in [2.05, 4.69) is 164 Å². The fourth-order valence-electron chi connectivity index (χ4n) is 4.38. The average Bonchev–Trinajstić information content (AvgIpc) is 2.94. The number of rotatable bonds is 7. The van der Waals surface area contributed by atoms with Crippen LogP contribution in [0.15, 0.2) is 133 Å². The number of benzene rings is 5. The van der Waals surface area contributed by atoms with Crippen LogP contribution < -0.4 is 4.90 Å². The zero-order valence-corrected chi connectivity index (χ0v) is 20.9. The fourth-order valence-corrected chi connectivity index (χ4v) is 4.38. The third-order valence-electron chi connectivity index (χ3n) is 6.47. The molecule has 5 aromatic carbocycles. The minimum Gasteiger partial charge on any atom is -0.311 e. The Bertz CT molecular complexity index is 1400. The van der Waals surface area contributed by atoms with Gasteiger partial charge in [-0.2, -0.15) is 0 Å². The lowest BCUT2D eigenvalue weighted by Gasteiger charge is -2.25. The van der Waals surface area contributed by atoms with E-state index < -0.39 is 0 Å². The normalized spacial score (nSPS) is 11.2. The molecule has 36 heavy (non-hydrogen) atoms. The van der Waals surface area contributed by atoms with E-state index in [-0.39, 0.29) is 0 Å². The first kappa shape index (κ1) is 23.4. The van der Waals surface area contributed by atoms with Crippen LogP contribution >= 0.6 is 0 Å². The summed E-state index contributed by atoms with van der Waals surface area (Å²) in [6, 6.07) is 47.4. The van der Waals surface area contributed by atoms with Crippen molar-refractivity contribution in [3.05, 3.63) is 150 Å². The van der Waals surface area contributed by atoms with E-state index in [9.17, 15) is 0 Å². The smallest absolute Gasteiger partial charge is 0.0462 e. The maximum Gasteiger partial charge on any atom is 0.0462 e. The van der Waals surface area contributed by atoms with Crippen LogP contribution in [0.25, 0.3) is 23.3 Å². The molecular weight excluding hydrogens is 434 g/mol. The average molecular weight is 466 g/mol. The molecule has 0 N–H and O–H groups in total. The molecule has 0 saturated heterocycles. The summed E-state index contributed by atoms with van der Waals surface area (Å²) in [6.45, 7) is 4.45. The van der Waals surface area contributed by atoms with Crippen LogP contribution in [0.3, 0.4) is 0 Å². The van der Waals surface area contributed by atoms with Gasteiger partial charge in [0.2, 0.25) is 0 Å². The molecule has 176 valence electrons. The summed E-state index contributed by atoms with van der Waals surface area (Å²) in [6.07, 6.45) is 4.35. The molecule has 0 atom stereocenters. The van der Waals surface area contributed by atoms with Crippen molar-refractivity contribution >= 4 is 29.2 Å². The molecule has 5 rings (SSSR count). The van der Waals surface area contributed by atoms with Crippen molar-refractivity contribution in [1.82, 2.24) is 0 Å². The van der Waals surface area contributed by atoms with E-state index in [0.29, 0.717) is 5.92 Å². The highest BCUT2D eigenvalue weighted by Gasteiger charge is 2.12. The summed E-state index contributed by atoms with van der Waals surface area (Å²) in [5, 5.41) is 0. The van der Waals surface area contributed by atoms with Crippen LogP contribution in [0.2, 0.25) is 0 Å². The minimum absolute atomic E-state index is 0.553. The second-order valence-electron chi connectivity index (χ2n) is 9.33. The van der Waals surface area contributed by atoms with Gasteiger partial charge in [-0.3, -0.25) is 0 Å². The lowest BCUT2D eigenvalue weighted by molar-refractivity contribution is 0.866. The summed E-state index contributed by atoms with van der Waals surface area (Å²) in [5.41, 5.74) is 9.61. The predicted molar refractivity (Wildman–Crippen MR) is 156 cm³/mol. The van der Waals surface area contributed by atoms with Crippen LogP contribution in [0, 0.1) is 0 Å². The van der Waals surface area contributed by atoms with Crippen molar-refractivity contribution in [2.45, 2.75) is 19.8 Å². The lowest BCUT2D eigenvalue weighted by atomic mass is 10.0. The van der Waals surface area contributed by atoms with E-state index in [1.807, 2.05) is 0 Å². The van der Waals surface area contributed by atoms with Crippen LogP contribution in [0.4, 0.5) is 17.1 Å². The Morgan fingerprint density at radius 2 is 0.861 bits per heavy atom. The third-order valence-corrected chi connectivity index (χ3v) is 6.47. The number of nitrogens with zero attached hydrogens (tertiary/aromatic N) is 1. The zero-order valence-electron chi connectivity index (χ0n) is 20.9. The molecule has 0 heterocycles. The molecule has 0 bridgehead atoms. The summed E-state index contributed by atoms with van der Waals surface area (Å²) < 4.78 is 0. The molecule has 0 radical (unpaired) electrons. The van der Waals surface area contributed by atoms with Gasteiger partial charge in [0.05, 0.1) is 0 Å². The molecule has 0 unspecified atom stereocenters. The molecule has 5 aromatic rings. The van der Waals surface area contributed by atoms with Crippen molar-refractivity contribution in [2.24, 2.45) is 0 Å². The summed E-state index contributed by atoms with van der Waals surface area (Å²) in [4.78, 5) is 2.30. The second kappa shape index (κ2) is 10.9. The number of anilines is 3. The van der Waals surface area contributed by atoms with Gasteiger partial charge in [0.15, 0.2) is 0 Å². The van der Waals surface area contributed by atoms with E-state index >= 15 is 0 Å². The number of para-hydroxylation sites is 1. The molecule has 0 saturated carbocycles. The van der Waals surface area contributed by atoms with E-state index in [4.69, 9.17) is 0 Å². The van der Waals surface area contributed by atoms with Crippen molar-refractivity contribution in [2.75, 3.05) is 4.90 Å². The standard InChI is InChI=1S/C35H31N/c1-27(2)30-19-15-28(16-20-30)13-14-29-17-23-34(24-18-29)36(33-11-7-4-8-12-33)35-25-21-32(22-26-35)31-9-5-3-6-10-31/h3-27H,1-2H3. The fraction of sp³-hybridized carbons (Fsp3) is 0.0857. The molecule has 0 aliphatic rings. The summed E-state index contributed by atoms with van der Waals surface area (Å²) >= 11 is 0. The molecule has 0 aliphatic carbocycles. The number of hydrogen-bond donors (Lipinski definition) is 0. The largest absolute Gasteiger partial charge is 0.311 e. The van der Waals surface area contributed by atoms with Gasteiger partial charge in [-0.1, -0.05) is 123 Å². The van der Waals surface area contributed by atoms with Gasteiger partial charge in [0, 0.05) is 17.1 Å². The van der Waals surface area contributed by atoms with Crippen molar-refractivity contribution in [3.8, 4) is 11.1 Å². The molecule has 0 aromatic heterocycles. The van der Waals surface area contributed by atoms with Gasteiger partial charge in [-0.15, -0.1) is 0 Å². The predicted octanol–water partition coefficient (Wildman–Crippen LogP) is 10.1. The Balaban J connectivity index is 1.41. The summed E-state index contributed by atoms with van der Waals surface area (Å²) in [7, 11) is 0. The second-order valence-corrected chi connectivity index (χ2v) is 9.33. The maximum absolute atomic E-state index is 2.30. The van der Waals surface area contributed by atoms with Crippen LogP contribution in [-0.4, -0.2) is 0 Å². The van der Waals surface area contributed by atoms with Gasteiger partial charge < -0.3 is 4.90 Å². The van der Waals surface area contributed by atoms with Gasteiger partial charge >= 0.3 is 0 Å². The van der Waals surface area contributed by atoms with Crippen molar-refractivity contribution in [1.29, 1.82) is 0 Å². The minimum atomic E-state index is 0.553. The molecule has 1 heteroatoms. The van der Waals surface area contributed by atoms with E-state index in [1.54, 1.807) is 0 Å². The molecular formula is C35H31N. The first-order valence-electron chi connectivity index (χ1n) is 12.6. The highest BCUT2D eigenvalue weighted by molar-refractivity contribution is 5.79. The maximum atomic E-state index is 2.30. The first-order valence-corrected chi connectivity index (χ1v) is 12.6. The Kier molecular flexibility index (Phi) is 7.10. The van der Waals surface area contributed by atoms with Gasteiger partial charge in [0.1, 0.15) is 0 Å². The van der Waals surface area contributed by atoms with Crippen LogP contribution in [-0.2, 0) is 0 Å². The Labute approximate surface area is 215 Å². The molecule has 0 fully saturated rings. The SMILES string of the molecule is CC(C)c1ccc(C=Cc2ccc(N(c3ccccc3)c3ccc(-c4ccccc4)cc3)cc2)cc1. The quantitative estimate of drug-likeness (QED) is 0.216. The van der Waals surface area contributed by atoms with E-state index in [0.717, 1.165) is 17.1 Å². The zero-order chi connectivity index (χ0) is 24.7. The molecule has 0 amide bonds. The molecule has 1 nitrogen and oxygen atoms in total. The molecule has 0 aliphatic heterocycles. The van der Waals surface area contributed by atoms with Crippen LogP contribution in [0.5, 0.6) is 0 Å². The highest BCUT2D eigenvalue weighted by atomic mass is 15.1. The highest BCUT2D eigenvalue weighted by Crippen LogP contribution is 2.35. The monoisotopic (exact) mass is 465 g/mol. The van der Waals surface area contributed by atoms with Gasteiger partial charge in [-0.05, 0) is 70.1 Å². The Morgan fingerprint density at radius 1 is 0.444 bits per heavy atom. The van der Waals surface area contributed by atoms with Crippen molar-refractivity contribution < 1.29 is 0 Å². The van der Waals surface area contributed by atoms with Gasteiger partial charge in [0.25, 0.3) is 0 Å². The first-order chi connectivity index (χ1) is 17.7. The van der Waals surface area contributed by atoms with Crippen LogP contribution in [0.1, 0.15) is 36.5 Å². The van der Waals surface area contributed by atoms with Gasteiger partial charge in [-0.25, -0.2) is 0 Å².